The normalized spacial score (nSPS) is 13.6. The molecule has 0 saturated carbocycles. The summed E-state index contributed by atoms with van der Waals surface area (Å²) in [5.74, 6) is 0. The number of benzene rings is 1. The molecule has 0 radical (unpaired) electrons. The van der Waals surface area contributed by atoms with Crippen molar-refractivity contribution in [1.29, 1.82) is 0 Å². The molecule has 1 N–H and O–H groups in total. The van der Waals surface area contributed by atoms with E-state index in [0.717, 1.165) is 13.0 Å². The molecule has 1 aliphatic rings. The molecular weight excluding hydrogens is 238 g/mol. The van der Waals surface area contributed by atoms with Gasteiger partial charge in [0.15, 0.2) is 0 Å². The van der Waals surface area contributed by atoms with Crippen LogP contribution in [0.15, 0.2) is 30.3 Å². The summed E-state index contributed by atoms with van der Waals surface area (Å²) in [4.78, 5) is 2.90. The highest BCUT2D eigenvalue weighted by Gasteiger charge is 2.10. The third-order valence-electron chi connectivity index (χ3n) is 3.63. The van der Waals surface area contributed by atoms with Crippen LogP contribution in [0, 0.1) is 0 Å². The molecule has 1 heterocycles. The SMILES string of the molecule is CCc1ccc(CNc2ccc3c(c2)CCC3)s1. The van der Waals surface area contributed by atoms with Crippen molar-refractivity contribution in [2.24, 2.45) is 0 Å². The van der Waals surface area contributed by atoms with Gasteiger partial charge in [0.2, 0.25) is 0 Å². The monoisotopic (exact) mass is 257 g/mol. The Balaban J connectivity index is 1.66. The summed E-state index contributed by atoms with van der Waals surface area (Å²) in [6.07, 6.45) is 4.98. The Hall–Kier alpha value is -1.28. The van der Waals surface area contributed by atoms with Crippen LogP contribution >= 0.6 is 11.3 Å². The molecule has 2 aromatic rings. The molecule has 1 aliphatic carbocycles. The Morgan fingerprint density at radius 3 is 2.72 bits per heavy atom. The first-order chi connectivity index (χ1) is 8.85. The van der Waals surface area contributed by atoms with Crippen molar-refractivity contribution in [3.05, 3.63) is 51.2 Å². The van der Waals surface area contributed by atoms with E-state index in [4.69, 9.17) is 0 Å². The lowest BCUT2D eigenvalue weighted by Gasteiger charge is -2.07. The fourth-order valence-corrected chi connectivity index (χ4v) is 3.48. The maximum atomic E-state index is 3.54. The molecule has 0 amide bonds. The van der Waals surface area contributed by atoms with E-state index in [1.165, 1.54) is 34.7 Å². The summed E-state index contributed by atoms with van der Waals surface area (Å²) in [6.45, 7) is 3.16. The third-order valence-corrected chi connectivity index (χ3v) is 4.86. The number of nitrogens with one attached hydrogen (secondary N) is 1. The van der Waals surface area contributed by atoms with E-state index >= 15 is 0 Å². The van der Waals surface area contributed by atoms with E-state index in [1.807, 2.05) is 11.3 Å². The van der Waals surface area contributed by atoms with Gasteiger partial charge < -0.3 is 5.32 Å². The number of hydrogen-bond donors (Lipinski definition) is 1. The van der Waals surface area contributed by atoms with Crippen LogP contribution in [0.3, 0.4) is 0 Å². The van der Waals surface area contributed by atoms with Gasteiger partial charge in [-0.05, 0) is 61.1 Å². The van der Waals surface area contributed by atoms with Gasteiger partial charge in [0.25, 0.3) is 0 Å². The van der Waals surface area contributed by atoms with Crippen LogP contribution in [0.1, 0.15) is 34.2 Å². The van der Waals surface area contributed by atoms with Crippen molar-refractivity contribution in [1.82, 2.24) is 0 Å². The minimum atomic E-state index is 0.948. The van der Waals surface area contributed by atoms with Crippen molar-refractivity contribution >= 4 is 17.0 Å². The molecule has 0 saturated heterocycles. The molecule has 0 unspecified atom stereocenters. The summed E-state index contributed by atoms with van der Waals surface area (Å²) >= 11 is 1.92. The quantitative estimate of drug-likeness (QED) is 0.855. The second-order valence-electron chi connectivity index (χ2n) is 4.91. The first-order valence-electron chi connectivity index (χ1n) is 6.78. The van der Waals surface area contributed by atoms with Crippen molar-refractivity contribution in [2.45, 2.75) is 39.2 Å². The van der Waals surface area contributed by atoms with Crippen molar-refractivity contribution in [2.75, 3.05) is 5.32 Å². The number of fused-ring (bicyclic) bond motifs is 1. The molecule has 18 heavy (non-hydrogen) atoms. The summed E-state index contributed by atoms with van der Waals surface area (Å²) in [5.41, 5.74) is 4.35. The van der Waals surface area contributed by atoms with Gasteiger partial charge in [-0.3, -0.25) is 0 Å². The van der Waals surface area contributed by atoms with Crippen molar-refractivity contribution in [3.8, 4) is 0 Å². The molecule has 1 aromatic heterocycles. The van der Waals surface area contributed by atoms with Gasteiger partial charge in [0.1, 0.15) is 0 Å². The second-order valence-corrected chi connectivity index (χ2v) is 6.17. The highest BCUT2D eigenvalue weighted by Crippen LogP contribution is 2.25. The Labute approximate surface area is 113 Å². The molecule has 2 heteroatoms. The standard InChI is InChI=1S/C16H19NS/c1-2-15-8-9-16(18-15)11-17-14-7-6-12-4-3-5-13(12)10-14/h6-10,17H,2-5,11H2,1H3. The van der Waals surface area contributed by atoms with E-state index in [0.29, 0.717) is 0 Å². The fraction of sp³-hybridized carbons (Fsp3) is 0.375. The molecule has 0 aliphatic heterocycles. The van der Waals surface area contributed by atoms with Crippen LogP contribution < -0.4 is 5.32 Å². The first kappa shape index (κ1) is 11.8. The largest absolute Gasteiger partial charge is 0.380 e. The minimum absolute atomic E-state index is 0.948. The summed E-state index contributed by atoms with van der Waals surface area (Å²) in [7, 11) is 0. The van der Waals surface area contributed by atoms with E-state index in [9.17, 15) is 0 Å². The van der Waals surface area contributed by atoms with Crippen LogP contribution in [0.5, 0.6) is 0 Å². The topological polar surface area (TPSA) is 12.0 Å². The molecule has 3 rings (SSSR count). The van der Waals surface area contributed by atoms with Crippen LogP contribution in [0.25, 0.3) is 0 Å². The maximum absolute atomic E-state index is 3.54. The van der Waals surface area contributed by atoms with E-state index in [-0.39, 0.29) is 0 Å². The Morgan fingerprint density at radius 2 is 1.89 bits per heavy atom. The molecule has 0 fully saturated rings. The predicted molar refractivity (Wildman–Crippen MR) is 79.5 cm³/mol. The molecule has 94 valence electrons. The van der Waals surface area contributed by atoms with Crippen LogP contribution in [0.4, 0.5) is 5.69 Å². The van der Waals surface area contributed by atoms with E-state index < -0.39 is 0 Å². The highest BCUT2D eigenvalue weighted by atomic mass is 32.1. The maximum Gasteiger partial charge on any atom is 0.0494 e. The lowest BCUT2D eigenvalue weighted by molar-refractivity contribution is 0.912. The number of hydrogen-bond acceptors (Lipinski definition) is 2. The van der Waals surface area contributed by atoms with Gasteiger partial charge in [-0.2, -0.15) is 0 Å². The Bertz CT molecular complexity index is 542. The average molecular weight is 257 g/mol. The molecule has 1 aromatic carbocycles. The smallest absolute Gasteiger partial charge is 0.0494 e. The van der Waals surface area contributed by atoms with Gasteiger partial charge in [0, 0.05) is 22.0 Å². The molecular formula is C16H19NS. The van der Waals surface area contributed by atoms with Gasteiger partial charge in [-0.1, -0.05) is 13.0 Å². The molecule has 0 bridgehead atoms. The number of aryl methyl sites for hydroxylation is 3. The van der Waals surface area contributed by atoms with Gasteiger partial charge in [-0.15, -0.1) is 11.3 Å². The lowest BCUT2D eigenvalue weighted by Crippen LogP contribution is -1.98. The summed E-state index contributed by atoms with van der Waals surface area (Å²) in [5, 5.41) is 3.54. The lowest BCUT2D eigenvalue weighted by atomic mass is 10.1. The zero-order valence-corrected chi connectivity index (χ0v) is 11.6. The van der Waals surface area contributed by atoms with Crippen LogP contribution in [0.2, 0.25) is 0 Å². The van der Waals surface area contributed by atoms with Crippen LogP contribution in [-0.2, 0) is 25.8 Å². The van der Waals surface area contributed by atoms with Crippen LogP contribution in [-0.4, -0.2) is 0 Å². The van der Waals surface area contributed by atoms with Crippen molar-refractivity contribution in [3.63, 3.8) is 0 Å². The zero-order valence-electron chi connectivity index (χ0n) is 10.8. The Morgan fingerprint density at radius 1 is 1.06 bits per heavy atom. The zero-order chi connectivity index (χ0) is 12.4. The average Bonchev–Trinajstić information content (AvgIpc) is 3.04. The van der Waals surface area contributed by atoms with E-state index in [2.05, 4.69) is 42.6 Å². The third kappa shape index (κ3) is 2.44. The highest BCUT2D eigenvalue weighted by molar-refractivity contribution is 7.12. The Kier molecular flexibility index (Phi) is 3.37. The number of rotatable bonds is 4. The molecule has 0 atom stereocenters. The van der Waals surface area contributed by atoms with Crippen molar-refractivity contribution < 1.29 is 0 Å². The summed E-state index contributed by atoms with van der Waals surface area (Å²) < 4.78 is 0. The van der Waals surface area contributed by atoms with Gasteiger partial charge in [-0.25, -0.2) is 0 Å². The minimum Gasteiger partial charge on any atom is -0.380 e. The number of thiophene rings is 1. The van der Waals surface area contributed by atoms with E-state index in [1.54, 1.807) is 11.1 Å². The van der Waals surface area contributed by atoms with Gasteiger partial charge >= 0.3 is 0 Å². The fourth-order valence-electron chi connectivity index (χ4n) is 2.58. The summed E-state index contributed by atoms with van der Waals surface area (Å²) in [6, 6.07) is 11.3. The molecule has 0 spiro atoms. The first-order valence-corrected chi connectivity index (χ1v) is 7.60. The number of anilines is 1. The second kappa shape index (κ2) is 5.15. The van der Waals surface area contributed by atoms with Gasteiger partial charge in [0.05, 0.1) is 0 Å². The predicted octanol–water partition coefficient (Wildman–Crippen LogP) is 4.41. The molecule has 1 nitrogen and oxygen atoms in total.